The van der Waals surface area contributed by atoms with E-state index in [9.17, 15) is 35.1 Å². The Hall–Kier alpha value is -3.13. The van der Waals surface area contributed by atoms with Gasteiger partial charge in [-0.2, -0.15) is 4.57 Å². The van der Waals surface area contributed by atoms with Crippen molar-refractivity contribution >= 4 is 18.0 Å². The van der Waals surface area contributed by atoms with Gasteiger partial charge in [0.25, 0.3) is 0 Å². The lowest BCUT2D eigenvalue weighted by Gasteiger charge is -2.42. The summed E-state index contributed by atoms with van der Waals surface area (Å²) in [6.45, 7) is 2.84. The SMILES string of the molecule is C=CC1C(OC2OC(CO)C(O)C(O)C2O)OC=C(C(=O)O)C1C=Cc1ccc[n+](CC(=O)O)c1. The molecule has 0 spiro atoms. The van der Waals surface area contributed by atoms with E-state index in [2.05, 4.69) is 6.58 Å². The van der Waals surface area contributed by atoms with Crippen LogP contribution in [0.3, 0.4) is 0 Å². The maximum absolute atomic E-state index is 11.8. The van der Waals surface area contributed by atoms with Crippen LogP contribution < -0.4 is 4.57 Å². The lowest BCUT2D eigenvalue weighted by atomic mass is 9.83. The van der Waals surface area contributed by atoms with Gasteiger partial charge in [-0.25, -0.2) is 9.59 Å². The van der Waals surface area contributed by atoms with Crippen LogP contribution in [0.4, 0.5) is 0 Å². The second-order valence-corrected chi connectivity index (χ2v) is 8.12. The van der Waals surface area contributed by atoms with Crippen molar-refractivity contribution in [2.45, 2.75) is 43.5 Å². The number of aliphatic hydroxyl groups excluding tert-OH is 4. The summed E-state index contributed by atoms with van der Waals surface area (Å²) in [5.41, 5.74) is 0.508. The molecule has 12 heteroatoms. The molecule has 190 valence electrons. The first-order chi connectivity index (χ1) is 16.7. The van der Waals surface area contributed by atoms with Gasteiger partial charge in [-0.15, -0.1) is 6.58 Å². The number of hydrogen-bond acceptors (Lipinski definition) is 9. The number of aliphatic carboxylic acids is 2. The Morgan fingerprint density at radius 2 is 1.89 bits per heavy atom. The van der Waals surface area contributed by atoms with Crippen LogP contribution in [0.2, 0.25) is 0 Å². The Kier molecular flexibility index (Phi) is 8.72. The summed E-state index contributed by atoms with van der Waals surface area (Å²) >= 11 is 0. The summed E-state index contributed by atoms with van der Waals surface area (Å²) in [5, 5.41) is 58.2. The Labute approximate surface area is 200 Å². The lowest BCUT2D eigenvalue weighted by molar-refractivity contribution is -0.685. The zero-order valence-corrected chi connectivity index (χ0v) is 18.5. The van der Waals surface area contributed by atoms with Crippen LogP contribution in [-0.4, -0.2) is 86.2 Å². The highest BCUT2D eigenvalue weighted by Crippen LogP contribution is 2.36. The van der Waals surface area contributed by atoms with Gasteiger partial charge in [0.1, 0.15) is 24.4 Å². The van der Waals surface area contributed by atoms with Gasteiger partial charge in [-0.1, -0.05) is 18.2 Å². The molecule has 0 aromatic carbocycles. The van der Waals surface area contributed by atoms with E-state index in [0.717, 1.165) is 6.26 Å². The topological polar surface area (TPSA) is 187 Å². The fourth-order valence-corrected chi connectivity index (χ4v) is 3.91. The maximum atomic E-state index is 11.8. The first-order valence-electron chi connectivity index (χ1n) is 10.7. The number of carboxylic acid groups (broad SMARTS) is 2. The Balaban J connectivity index is 1.84. The van der Waals surface area contributed by atoms with Crippen molar-refractivity contribution in [3.05, 3.63) is 60.7 Å². The molecule has 3 heterocycles. The van der Waals surface area contributed by atoms with Crippen molar-refractivity contribution in [2.75, 3.05) is 6.61 Å². The van der Waals surface area contributed by atoms with E-state index in [1.165, 1.54) is 10.6 Å². The average Bonchev–Trinajstić information content (AvgIpc) is 2.82. The van der Waals surface area contributed by atoms with Gasteiger partial charge in [0.15, 0.2) is 18.7 Å². The van der Waals surface area contributed by atoms with Crippen LogP contribution in [-0.2, 0) is 30.3 Å². The van der Waals surface area contributed by atoms with Crippen molar-refractivity contribution in [3.63, 3.8) is 0 Å². The number of carbonyl (C=O) groups is 2. The van der Waals surface area contributed by atoms with Crippen LogP contribution in [0, 0.1) is 11.8 Å². The number of ether oxygens (including phenoxy) is 3. The van der Waals surface area contributed by atoms with Gasteiger partial charge in [-0.3, -0.25) is 0 Å². The molecule has 1 fully saturated rings. The molecule has 1 saturated heterocycles. The second kappa shape index (κ2) is 11.5. The summed E-state index contributed by atoms with van der Waals surface area (Å²) in [4.78, 5) is 22.8. The van der Waals surface area contributed by atoms with E-state index in [4.69, 9.17) is 19.3 Å². The Morgan fingerprint density at radius 3 is 2.51 bits per heavy atom. The molecule has 0 aliphatic carbocycles. The van der Waals surface area contributed by atoms with E-state index in [0.29, 0.717) is 5.56 Å². The molecule has 3 rings (SSSR count). The predicted octanol–water partition coefficient (Wildman–Crippen LogP) is -1.37. The Bertz CT molecular complexity index is 991. The minimum absolute atomic E-state index is 0.103. The minimum Gasteiger partial charge on any atom is -0.478 e. The number of carboxylic acids is 2. The lowest BCUT2D eigenvalue weighted by Crippen LogP contribution is -2.60. The maximum Gasteiger partial charge on any atom is 0.370 e. The second-order valence-electron chi connectivity index (χ2n) is 8.12. The third kappa shape index (κ3) is 6.11. The van der Waals surface area contributed by atoms with Crippen molar-refractivity contribution in [2.24, 2.45) is 11.8 Å². The van der Waals surface area contributed by atoms with Crippen LogP contribution >= 0.6 is 0 Å². The fourth-order valence-electron chi connectivity index (χ4n) is 3.91. The highest BCUT2D eigenvalue weighted by molar-refractivity contribution is 5.88. The molecule has 0 radical (unpaired) electrons. The molecular formula is C23H28NO11+. The van der Waals surface area contributed by atoms with Gasteiger partial charge < -0.3 is 44.8 Å². The third-order valence-corrected chi connectivity index (χ3v) is 5.75. The summed E-state index contributed by atoms with van der Waals surface area (Å²) < 4.78 is 17.9. The molecular weight excluding hydrogens is 466 g/mol. The van der Waals surface area contributed by atoms with Gasteiger partial charge >= 0.3 is 11.9 Å². The van der Waals surface area contributed by atoms with Crippen LogP contribution in [0.5, 0.6) is 0 Å². The predicted molar refractivity (Wildman–Crippen MR) is 116 cm³/mol. The highest BCUT2D eigenvalue weighted by atomic mass is 16.8. The van der Waals surface area contributed by atoms with Crippen molar-refractivity contribution < 1.29 is 59.0 Å². The molecule has 0 amide bonds. The molecule has 1 aromatic rings. The van der Waals surface area contributed by atoms with E-state index in [1.807, 2.05) is 0 Å². The summed E-state index contributed by atoms with van der Waals surface area (Å²) in [7, 11) is 0. The van der Waals surface area contributed by atoms with Crippen molar-refractivity contribution in [1.82, 2.24) is 0 Å². The highest BCUT2D eigenvalue weighted by Gasteiger charge is 2.47. The molecule has 1 aromatic heterocycles. The van der Waals surface area contributed by atoms with Crippen molar-refractivity contribution in [1.29, 1.82) is 0 Å². The van der Waals surface area contributed by atoms with Gasteiger partial charge in [0.05, 0.1) is 24.4 Å². The first-order valence-corrected chi connectivity index (χ1v) is 10.7. The molecule has 2 aliphatic rings. The summed E-state index contributed by atoms with van der Waals surface area (Å²) in [6.07, 6.45) is -0.00352. The zero-order chi connectivity index (χ0) is 25.7. The van der Waals surface area contributed by atoms with E-state index < -0.39 is 67.4 Å². The summed E-state index contributed by atoms with van der Waals surface area (Å²) in [6, 6.07) is 3.36. The molecule has 8 atom stereocenters. The third-order valence-electron chi connectivity index (χ3n) is 5.75. The number of nitrogens with zero attached hydrogens (tertiary/aromatic N) is 1. The molecule has 0 saturated carbocycles. The van der Waals surface area contributed by atoms with E-state index in [-0.39, 0.29) is 12.1 Å². The van der Waals surface area contributed by atoms with E-state index >= 15 is 0 Å². The number of aliphatic hydroxyl groups is 4. The molecule has 12 nitrogen and oxygen atoms in total. The number of aromatic nitrogens is 1. The molecule has 8 unspecified atom stereocenters. The number of hydrogen-bond donors (Lipinski definition) is 6. The zero-order valence-electron chi connectivity index (χ0n) is 18.5. The van der Waals surface area contributed by atoms with E-state index in [1.54, 1.807) is 36.7 Å². The number of rotatable bonds is 9. The van der Waals surface area contributed by atoms with Crippen LogP contribution in [0.1, 0.15) is 5.56 Å². The van der Waals surface area contributed by atoms with Crippen LogP contribution in [0.15, 0.2) is 55.1 Å². The molecule has 2 aliphatic heterocycles. The monoisotopic (exact) mass is 494 g/mol. The molecule has 35 heavy (non-hydrogen) atoms. The smallest absolute Gasteiger partial charge is 0.370 e. The number of allylic oxidation sites excluding steroid dienone is 1. The Morgan fingerprint density at radius 1 is 1.14 bits per heavy atom. The van der Waals surface area contributed by atoms with Gasteiger partial charge in [-0.05, 0) is 6.07 Å². The normalized spacial score (nSPS) is 33.1. The fraction of sp³-hybridized carbons (Fsp3) is 0.435. The minimum atomic E-state index is -1.67. The first kappa shape index (κ1) is 26.5. The molecule has 6 N–H and O–H groups in total. The summed E-state index contributed by atoms with van der Waals surface area (Å²) in [5.74, 6) is -3.85. The number of pyridine rings is 1. The van der Waals surface area contributed by atoms with Crippen molar-refractivity contribution in [3.8, 4) is 0 Å². The van der Waals surface area contributed by atoms with Gasteiger partial charge in [0, 0.05) is 17.5 Å². The van der Waals surface area contributed by atoms with Gasteiger partial charge in [0.2, 0.25) is 12.8 Å². The molecule has 0 bridgehead atoms. The quantitative estimate of drug-likeness (QED) is 0.176. The largest absolute Gasteiger partial charge is 0.478 e. The average molecular weight is 494 g/mol. The standard InChI is InChI=1S/C23H27NO11/c1-2-13-14(6-5-12-4-3-7-24(8-12)9-17(26)27)15(21(31)32)11-33-22(13)35-23-20(30)19(29)18(28)16(10-25)34-23/h2-8,11,13-14,16,18-20,22-23,25,28-30H,1,9-10H2,(H-,26,27,31,32)/p+1. The van der Waals surface area contributed by atoms with Crippen LogP contribution in [0.25, 0.3) is 6.08 Å².